The van der Waals surface area contributed by atoms with Crippen LogP contribution in [0.2, 0.25) is 0 Å². The van der Waals surface area contributed by atoms with Gasteiger partial charge < -0.3 is 0 Å². The summed E-state index contributed by atoms with van der Waals surface area (Å²) in [7, 11) is 0. The van der Waals surface area contributed by atoms with Gasteiger partial charge in [-0.2, -0.15) is 0 Å². The molecule has 0 fully saturated rings. The van der Waals surface area contributed by atoms with E-state index in [1.165, 1.54) is 247 Å². The van der Waals surface area contributed by atoms with E-state index in [0.29, 0.717) is 0 Å². The highest BCUT2D eigenvalue weighted by Crippen LogP contribution is 2.60. The van der Waals surface area contributed by atoms with E-state index in [1.807, 2.05) is 43.1 Å². The standard InChI is InChI=1S/C51H34N2.2C44H31N/c1-51(2)43-21-8-7-18-40(43)47-41(20-10-22-44(47)51)46-37-16-5-6-17-38(37)48(45-28-26-33-24-23-32-14-11-29-52-49(32)50(33)53-45)39-27-25-34(30-42(39)46)36-19-9-13-31-12-3-4-15-35(31)36;1-44(2)39-21-8-7-18-36(39)43-37(20-10-22-40(43)44)42-34-17-6-5-16-33(34)41(30-14-11-25-45-27-30)35-24-23-29(26-38(35)42)32-19-9-13-28-12-3-4-15-31(28)32;1-44(2)39-19-8-7-16-36(39)43-37(18-10-20-40(43)44)42-34-15-6-5-14-33(34)41(29-23-25-45-26-24-29)35-22-21-30(27-38(35)42)32-17-9-12-28-11-3-4-13-31(28)32/h3-30H,1-2H3;2*3-27H,1-2H3. The second kappa shape index (κ2) is 33.3. The molecule has 0 saturated heterocycles. The van der Waals surface area contributed by atoms with Crippen molar-refractivity contribution in [1.29, 1.82) is 0 Å². The number of hydrogen-bond donors (Lipinski definition) is 0. The van der Waals surface area contributed by atoms with Crippen molar-refractivity contribution in [2.75, 3.05) is 0 Å². The van der Waals surface area contributed by atoms with Crippen LogP contribution in [0.3, 0.4) is 0 Å². The van der Waals surface area contributed by atoms with Gasteiger partial charge in [0.25, 0.3) is 0 Å². The van der Waals surface area contributed by atoms with Crippen molar-refractivity contribution >= 4 is 119 Å². The second-order valence-electron chi connectivity index (χ2n) is 40.3. The highest BCUT2D eigenvalue weighted by atomic mass is 14.8. The lowest BCUT2D eigenvalue weighted by Gasteiger charge is -2.23. The molecule has 0 N–H and O–H groups in total. The van der Waals surface area contributed by atoms with Crippen molar-refractivity contribution in [2.45, 2.75) is 57.8 Å². The number of hydrogen-bond acceptors (Lipinski definition) is 4. The molecule has 3 aliphatic carbocycles. The molecule has 26 aromatic rings. The normalized spacial score (nSPS) is 13.3. The van der Waals surface area contributed by atoms with Crippen LogP contribution in [0.15, 0.2) is 474 Å². The average molecular weight is 1820 g/mol. The summed E-state index contributed by atoms with van der Waals surface area (Å²) < 4.78 is 0. The number of aromatic nitrogens is 4. The van der Waals surface area contributed by atoms with Crippen molar-refractivity contribution < 1.29 is 0 Å². The van der Waals surface area contributed by atoms with Gasteiger partial charge in [-0.1, -0.05) is 436 Å². The number of pyridine rings is 4. The Morgan fingerprint density at radius 3 is 0.874 bits per heavy atom. The molecule has 4 heteroatoms. The quantitative estimate of drug-likeness (QED) is 0.107. The molecule has 0 aliphatic heterocycles. The molecule has 22 aromatic carbocycles. The summed E-state index contributed by atoms with van der Waals surface area (Å²) in [5.74, 6) is 0. The van der Waals surface area contributed by atoms with Gasteiger partial charge in [0.15, 0.2) is 0 Å². The third-order valence-corrected chi connectivity index (χ3v) is 31.6. The van der Waals surface area contributed by atoms with Crippen LogP contribution in [0.25, 0.3) is 252 Å². The number of rotatable bonds is 9. The first-order valence-corrected chi connectivity index (χ1v) is 49.9. The zero-order valence-corrected chi connectivity index (χ0v) is 80.3. The van der Waals surface area contributed by atoms with Crippen molar-refractivity contribution in [3.63, 3.8) is 0 Å². The first-order chi connectivity index (χ1) is 70.3. The molecule has 3 aliphatic rings. The van der Waals surface area contributed by atoms with Gasteiger partial charge in [0.1, 0.15) is 0 Å². The van der Waals surface area contributed by atoms with Gasteiger partial charge in [-0.05, 0) is 296 Å². The topological polar surface area (TPSA) is 51.6 Å². The van der Waals surface area contributed by atoms with Gasteiger partial charge in [0.05, 0.1) is 16.7 Å². The molecular formula is C139H96N4. The number of nitrogens with zero attached hydrogens (tertiary/aromatic N) is 4. The SMILES string of the molecule is CC1(C)c2ccccc2-c2c(-c3c4ccccc4c(-c4ccc5ccc6cccnc6c5n4)c4ccc(-c5cccc6ccccc56)cc34)cccc21.CC1(C)c2ccccc2-c2c(-c3c4ccccc4c(-c4cccnc4)c4ccc(-c5cccc6ccccc56)cc34)cccc21.CC1(C)c2ccccc2-c2c(-c3c4ccccc4c(-c4ccncc4)c4ccc(-c5cccc6ccccc56)cc34)cccc21. The Morgan fingerprint density at radius 2 is 0.462 bits per heavy atom. The Bertz CT molecular complexity index is 9460. The van der Waals surface area contributed by atoms with Crippen LogP contribution in [0.4, 0.5) is 0 Å². The third-order valence-electron chi connectivity index (χ3n) is 31.6. The summed E-state index contributed by atoms with van der Waals surface area (Å²) in [6.07, 6.45) is 9.52. The van der Waals surface area contributed by atoms with Gasteiger partial charge in [-0.25, -0.2) is 4.98 Å². The Balaban J connectivity index is 0.000000108. The van der Waals surface area contributed by atoms with E-state index in [4.69, 9.17) is 9.97 Å². The average Bonchev–Trinajstić information content (AvgIpc) is 1.08. The van der Waals surface area contributed by atoms with Crippen molar-refractivity contribution in [3.8, 4) is 134 Å². The molecule has 4 heterocycles. The summed E-state index contributed by atoms with van der Waals surface area (Å²) in [6.45, 7) is 14.2. The van der Waals surface area contributed by atoms with E-state index in [0.717, 1.165) is 38.6 Å². The Morgan fingerprint density at radius 1 is 0.161 bits per heavy atom. The third kappa shape index (κ3) is 13.3. The number of fused-ring (bicyclic) bond motifs is 21. The summed E-state index contributed by atoms with van der Waals surface area (Å²) in [5, 5.41) is 24.6. The zero-order valence-electron chi connectivity index (χ0n) is 80.3. The van der Waals surface area contributed by atoms with E-state index in [1.54, 1.807) is 0 Å². The minimum atomic E-state index is -0.104. The van der Waals surface area contributed by atoms with Crippen LogP contribution in [0.5, 0.6) is 0 Å². The first-order valence-electron chi connectivity index (χ1n) is 49.9. The maximum atomic E-state index is 5.44. The minimum absolute atomic E-state index is 0.0708. The van der Waals surface area contributed by atoms with Gasteiger partial charge in [-0.15, -0.1) is 0 Å². The summed E-state index contributed by atoms with van der Waals surface area (Å²) in [6, 6.07) is 163. The van der Waals surface area contributed by atoms with Crippen molar-refractivity contribution in [1.82, 2.24) is 19.9 Å². The molecule has 0 radical (unpaired) electrons. The summed E-state index contributed by atoms with van der Waals surface area (Å²) in [4.78, 5) is 19.1. The molecule has 0 atom stereocenters. The fourth-order valence-corrected chi connectivity index (χ4v) is 25.0. The zero-order chi connectivity index (χ0) is 95.5. The van der Waals surface area contributed by atoms with Crippen LogP contribution < -0.4 is 0 Å². The van der Waals surface area contributed by atoms with Gasteiger partial charge in [0.2, 0.25) is 0 Å². The van der Waals surface area contributed by atoms with Crippen LogP contribution in [-0.4, -0.2) is 19.9 Å². The van der Waals surface area contributed by atoms with Gasteiger partial charge >= 0.3 is 0 Å². The van der Waals surface area contributed by atoms with Gasteiger partial charge in [0, 0.05) is 69.1 Å². The monoisotopic (exact) mass is 1820 g/mol. The maximum absolute atomic E-state index is 5.44. The van der Waals surface area contributed by atoms with Gasteiger partial charge in [-0.3, -0.25) is 15.0 Å². The largest absolute Gasteiger partial charge is 0.265 e. The molecule has 0 bridgehead atoms. The second-order valence-corrected chi connectivity index (χ2v) is 40.3. The predicted octanol–water partition coefficient (Wildman–Crippen LogP) is 37.2. The Kier molecular flexibility index (Phi) is 19.7. The van der Waals surface area contributed by atoms with E-state index in [2.05, 4.69) is 482 Å². The molecule has 0 spiro atoms. The van der Waals surface area contributed by atoms with Crippen LogP contribution >= 0.6 is 0 Å². The highest BCUT2D eigenvalue weighted by molar-refractivity contribution is 6.28. The van der Waals surface area contributed by atoms with E-state index >= 15 is 0 Å². The lowest BCUT2D eigenvalue weighted by atomic mass is 9.80. The fourth-order valence-electron chi connectivity index (χ4n) is 25.0. The maximum Gasteiger partial charge on any atom is 0.0972 e. The van der Waals surface area contributed by atoms with Crippen LogP contribution in [0, 0.1) is 0 Å². The molecule has 4 aromatic heterocycles. The van der Waals surface area contributed by atoms with E-state index in [9.17, 15) is 0 Å². The number of benzene rings is 22. The highest BCUT2D eigenvalue weighted by Gasteiger charge is 2.41. The lowest BCUT2D eigenvalue weighted by Crippen LogP contribution is -2.14. The molecule has 0 unspecified atom stereocenters. The lowest BCUT2D eigenvalue weighted by molar-refractivity contribution is 0.660. The molecule has 0 amide bonds. The van der Waals surface area contributed by atoms with E-state index < -0.39 is 0 Å². The molecule has 29 rings (SSSR count). The Hall–Kier alpha value is -17.7. The van der Waals surface area contributed by atoms with Crippen molar-refractivity contribution in [2.24, 2.45) is 0 Å². The molecule has 0 saturated carbocycles. The molecule has 143 heavy (non-hydrogen) atoms. The summed E-state index contributed by atoms with van der Waals surface area (Å²) in [5.41, 5.74) is 40.0. The molecular weight excluding hydrogens is 1730 g/mol. The Labute approximate surface area is 831 Å². The first kappa shape index (κ1) is 84.6. The molecule has 672 valence electrons. The smallest absolute Gasteiger partial charge is 0.0972 e. The van der Waals surface area contributed by atoms with E-state index in [-0.39, 0.29) is 16.2 Å². The fraction of sp³-hybridized carbons (Fsp3) is 0.0647. The minimum Gasteiger partial charge on any atom is -0.265 e. The molecule has 4 nitrogen and oxygen atoms in total. The van der Waals surface area contributed by atoms with Crippen LogP contribution in [-0.2, 0) is 16.2 Å². The van der Waals surface area contributed by atoms with Crippen molar-refractivity contribution in [3.05, 3.63) is 507 Å². The summed E-state index contributed by atoms with van der Waals surface area (Å²) >= 11 is 0. The predicted molar refractivity (Wildman–Crippen MR) is 605 cm³/mol. The van der Waals surface area contributed by atoms with Crippen LogP contribution in [0.1, 0.15) is 74.9 Å².